The van der Waals surface area contributed by atoms with Gasteiger partial charge in [-0.3, -0.25) is 9.59 Å². The minimum atomic E-state index is -1.67. The summed E-state index contributed by atoms with van der Waals surface area (Å²) in [5, 5.41) is 0. The van der Waals surface area contributed by atoms with E-state index in [0.717, 1.165) is 0 Å². The van der Waals surface area contributed by atoms with E-state index in [1.165, 1.54) is 20.3 Å². The number of hydrogen-bond donors (Lipinski definition) is 0. The molecule has 0 saturated heterocycles. The molecule has 0 amide bonds. The Hall–Kier alpha value is -1.68. The summed E-state index contributed by atoms with van der Waals surface area (Å²) in [5.74, 6) is -1.62. The van der Waals surface area contributed by atoms with Crippen LogP contribution < -0.4 is 0 Å². The first kappa shape index (κ1) is 19.3. The second kappa shape index (κ2) is 8.57. The fourth-order valence-electron chi connectivity index (χ4n) is 2.28. The van der Waals surface area contributed by atoms with Gasteiger partial charge in [-0.2, -0.15) is 0 Å². The molecule has 0 fully saturated rings. The van der Waals surface area contributed by atoms with Crippen molar-refractivity contribution < 1.29 is 23.9 Å². The zero-order chi connectivity index (χ0) is 16.6. The molecule has 0 aliphatic heterocycles. The van der Waals surface area contributed by atoms with E-state index in [1.54, 1.807) is 13.8 Å². The number of ether oxygens (including phenoxy) is 2. The standard InChI is InChI=1S/C15H24NO5/c1-10(2)7-8-15(13(18)20-5,14(19)21-6)12(11(3)4)16-9-17/h7,10-12H,8H2,1-6H3. The molecule has 21 heavy (non-hydrogen) atoms. The van der Waals surface area contributed by atoms with Gasteiger partial charge in [0.2, 0.25) is 6.08 Å². The lowest BCUT2D eigenvalue weighted by molar-refractivity contribution is -0.172. The zero-order valence-corrected chi connectivity index (χ0v) is 13.5. The van der Waals surface area contributed by atoms with E-state index >= 15 is 0 Å². The fourth-order valence-corrected chi connectivity index (χ4v) is 2.28. The molecule has 0 N–H and O–H groups in total. The normalized spacial score (nSPS) is 12.8. The highest BCUT2D eigenvalue weighted by Gasteiger charge is 2.55. The van der Waals surface area contributed by atoms with Crippen molar-refractivity contribution in [3.63, 3.8) is 0 Å². The van der Waals surface area contributed by atoms with E-state index in [-0.39, 0.29) is 18.3 Å². The van der Waals surface area contributed by atoms with Crippen LogP contribution in [0.3, 0.4) is 0 Å². The van der Waals surface area contributed by atoms with Crippen molar-refractivity contribution >= 4 is 18.0 Å². The molecule has 6 nitrogen and oxygen atoms in total. The van der Waals surface area contributed by atoms with Crippen LogP contribution in [0.2, 0.25) is 0 Å². The van der Waals surface area contributed by atoms with Gasteiger partial charge in [0.15, 0.2) is 5.41 Å². The number of methoxy groups -OCH3 is 2. The topological polar surface area (TPSA) is 82.0 Å². The van der Waals surface area contributed by atoms with Gasteiger partial charge in [0, 0.05) is 0 Å². The van der Waals surface area contributed by atoms with E-state index in [2.05, 4.69) is 4.99 Å². The predicted octanol–water partition coefficient (Wildman–Crippen LogP) is 1.93. The predicted molar refractivity (Wildman–Crippen MR) is 77.0 cm³/mol. The molecule has 1 unspecified atom stereocenters. The van der Waals surface area contributed by atoms with Crippen LogP contribution >= 0.6 is 0 Å². The SMILES string of the molecule is COC(=O)C(C[CH]C(C)C)(C(=O)OC)C(N=C=O)C(C)C. The molecule has 0 bridgehead atoms. The highest BCUT2D eigenvalue weighted by atomic mass is 16.5. The highest BCUT2D eigenvalue weighted by molar-refractivity contribution is 6.01. The van der Waals surface area contributed by atoms with Gasteiger partial charge < -0.3 is 9.47 Å². The Morgan fingerprint density at radius 2 is 1.62 bits per heavy atom. The molecular weight excluding hydrogens is 274 g/mol. The van der Waals surface area contributed by atoms with Crippen LogP contribution in [0, 0.1) is 23.7 Å². The highest BCUT2D eigenvalue weighted by Crippen LogP contribution is 2.38. The fraction of sp³-hybridized carbons (Fsp3) is 0.733. The maximum absolute atomic E-state index is 12.3. The second-order valence-corrected chi connectivity index (χ2v) is 5.55. The maximum Gasteiger partial charge on any atom is 0.325 e. The molecule has 0 aliphatic carbocycles. The zero-order valence-electron chi connectivity index (χ0n) is 13.5. The molecule has 0 aliphatic rings. The Labute approximate surface area is 125 Å². The number of hydrogen-bond acceptors (Lipinski definition) is 6. The molecule has 119 valence electrons. The summed E-state index contributed by atoms with van der Waals surface area (Å²) in [6.45, 7) is 7.38. The van der Waals surface area contributed by atoms with Gasteiger partial charge >= 0.3 is 11.9 Å². The summed E-state index contributed by atoms with van der Waals surface area (Å²) < 4.78 is 9.60. The van der Waals surface area contributed by atoms with E-state index < -0.39 is 23.4 Å². The first-order valence-electron chi connectivity index (χ1n) is 6.85. The molecule has 6 heteroatoms. The number of carbonyl (C=O) groups excluding carboxylic acids is 3. The molecule has 0 rings (SSSR count). The minimum Gasteiger partial charge on any atom is -0.468 e. The third-order valence-electron chi connectivity index (χ3n) is 3.34. The van der Waals surface area contributed by atoms with E-state index in [0.29, 0.717) is 0 Å². The summed E-state index contributed by atoms with van der Waals surface area (Å²) in [7, 11) is 2.38. The van der Waals surface area contributed by atoms with E-state index in [4.69, 9.17) is 9.47 Å². The quantitative estimate of drug-likeness (QED) is 0.296. The van der Waals surface area contributed by atoms with E-state index in [1.807, 2.05) is 20.3 Å². The van der Waals surface area contributed by atoms with Gasteiger partial charge in [-0.1, -0.05) is 27.7 Å². The first-order valence-corrected chi connectivity index (χ1v) is 6.85. The Bertz CT molecular complexity index is 394. The van der Waals surface area contributed by atoms with Crippen LogP contribution in [0.25, 0.3) is 0 Å². The summed E-state index contributed by atoms with van der Waals surface area (Å²) in [5.41, 5.74) is -1.67. The van der Waals surface area contributed by atoms with Gasteiger partial charge in [-0.05, 0) is 24.7 Å². The number of rotatable bonds is 8. The van der Waals surface area contributed by atoms with Gasteiger partial charge in [0.25, 0.3) is 0 Å². The summed E-state index contributed by atoms with van der Waals surface area (Å²) >= 11 is 0. The number of isocyanates is 1. The van der Waals surface area contributed by atoms with Crippen LogP contribution in [-0.4, -0.2) is 38.3 Å². The lowest BCUT2D eigenvalue weighted by atomic mass is 9.71. The van der Waals surface area contributed by atoms with Gasteiger partial charge in [-0.15, -0.1) is 0 Å². The van der Waals surface area contributed by atoms with Crippen LogP contribution in [0.1, 0.15) is 34.1 Å². The molecule has 0 heterocycles. The molecule has 0 aromatic rings. The lowest BCUT2D eigenvalue weighted by Crippen LogP contribution is -2.51. The molecular formula is C15H24NO5. The third kappa shape index (κ3) is 4.39. The average Bonchev–Trinajstić information content (AvgIpc) is 2.44. The molecule has 1 radical (unpaired) electrons. The van der Waals surface area contributed by atoms with Crippen LogP contribution in [0.5, 0.6) is 0 Å². The van der Waals surface area contributed by atoms with Crippen molar-refractivity contribution in [2.75, 3.05) is 14.2 Å². The Kier molecular flexibility index (Phi) is 7.89. The minimum absolute atomic E-state index is 0.0814. The molecule has 0 spiro atoms. The van der Waals surface area contributed by atoms with Crippen molar-refractivity contribution in [1.82, 2.24) is 0 Å². The van der Waals surface area contributed by atoms with Crippen LogP contribution in [-0.2, 0) is 23.9 Å². The monoisotopic (exact) mass is 298 g/mol. The average molecular weight is 298 g/mol. The second-order valence-electron chi connectivity index (χ2n) is 5.55. The molecule has 0 aromatic carbocycles. The van der Waals surface area contributed by atoms with Crippen molar-refractivity contribution in [2.45, 2.75) is 40.2 Å². The van der Waals surface area contributed by atoms with Gasteiger partial charge in [0.05, 0.1) is 20.3 Å². The number of carbonyl (C=O) groups is 2. The largest absolute Gasteiger partial charge is 0.468 e. The summed E-state index contributed by atoms with van der Waals surface area (Å²) in [6.07, 6.45) is 3.34. The van der Waals surface area contributed by atoms with Crippen molar-refractivity contribution in [3.8, 4) is 0 Å². The summed E-state index contributed by atoms with van der Waals surface area (Å²) in [6, 6.07) is -0.898. The number of nitrogens with zero attached hydrogens (tertiary/aromatic N) is 1. The van der Waals surface area contributed by atoms with E-state index in [9.17, 15) is 14.4 Å². The van der Waals surface area contributed by atoms with Gasteiger partial charge in [0.1, 0.15) is 0 Å². The van der Waals surface area contributed by atoms with Crippen LogP contribution in [0.4, 0.5) is 0 Å². The van der Waals surface area contributed by atoms with Crippen molar-refractivity contribution in [1.29, 1.82) is 0 Å². The third-order valence-corrected chi connectivity index (χ3v) is 3.34. The van der Waals surface area contributed by atoms with Crippen molar-refractivity contribution in [3.05, 3.63) is 6.42 Å². The van der Waals surface area contributed by atoms with Gasteiger partial charge in [-0.25, -0.2) is 9.79 Å². The Morgan fingerprint density at radius 1 is 1.14 bits per heavy atom. The molecule has 0 aromatic heterocycles. The smallest absolute Gasteiger partial charge is 0.325 e. The maximum atomic E-state index is 12.3. The van der Waals surface area contributed by atoms with Crippen molar-refractivity contribution in [2.24, 2.45) is 22.2 Å². The Morgan fingerprint density at radius 3 is 1.90 bits per heavy atom. The molecule has 1 atom stereocenters. The van der Waals surface area contributed by atoms with Crippen LogP contribution in [0.15, 0.2) is 4.99 Å². The summed E-state index contributed by atoms with van der Waals surface area (Å²) in [4.78, 5) is 39.1. The lowest BCUT2D eigenvalue weighted by Gasteiger charge is -2.35. The Balaban J connectivity index is 6.02. The molecule has 0 saturated carbocycles. The number of esters is 2. The first-order chi connectivity index (χ1) is 9.77. The number of aliphatic imine (C=N–C) groups is 1.